The SMILES string of the molecule is CCN(CC)S(=O)(=O)c1ccc(Cl)c(C(=O)NC(C)CCC(C)C)c1. The number of hydrogen-bond donors (Lipinski definition) is 1. The smallest absolute Gasteiger partial charge is 0.253 e. The monoisotopic (exact) mass is 388 g/mol. The number of benzene rings is 1. The van der Waals surface area contributed by atoms with E-state index in [0.29, 0.717) is 19.0 Å². The molecule has 0 radical (unpaired) electrons. The minimum absolute atomic E-state index is 0.00554. The van der Waals surface area contributed by atoms with Crippen LogP contribution in [0.3, 0.4) is 0 Å². The van der Waals surface area contributed by atoms with Gasteiger partial charge < -0.3 is 5.32 Å². The van der Waals surface area contributed by atoms with Crippen LogP contribution in [0.5, 0.6) is 0 Å². The van der Waals surface area contributed by atoms with Crippen LogP contribution in [0.2, 0.25) is 5.02 Å². The van der Waals surface area contributed by atoms with Gasteiger partial charge in [0.15, 0.2) is 0 Å². The lowest BCUT2D eigenvalue weighted by Gasteiger charge is -2.19. The number of hydrogen-bond acceptors (Lipinski definition) is 3. The number of sulfonamides is 1. The summed E-state index contributed by atoms with van der Waals surface area (Å²) in [5.41, 5.74) is 0.186. The molecule has 5 nitrogen and oxygen atoms in total. The minimum atomic E-state index is -3.63. The average Bonchev–Trinajstić information content (AvgIpc) is 2.53. The van der Waals surface area contributed by atoms with E-state index in [9.17, 15) is 13.2 Å². The first kappa shape index (κ1) is 21.9. The molecule has 0 fully saturated rings. The third-order valence-electron chi connectivity index (χ3n) is 4.08. The molecule has 0 aliphatic rings. The lowest BCUT2D eigenvalue weighted by Crippen LogP contribution is -2.33. The third-order valence-corrected chi connectivity index (χ3v) is 6.46. The van der Waals surface area contributed by atoms with E-state index >= 15 is 0 Å². The highest BCUT2D eigenvalue weighted by Crippen LogP contribution is 2.23. The van der Waals surface area contributed by atoms with Crippen molar-refractivity contribution < 1.29 is 13.2 Å². The van der Waals surface area contributed by atoms with E-state index in [1.54, 1.807) is 13.8 Å². The second kappa shape index (κ2) is 9.55. The molecule has 1 aromatic rings. The molecule has 0 aromatic heterocycles. The summed E-state index contributed by atoms with van der Waals surface area (Å²) < 4.78 is 26.6. The molecule has 0 heterocycles. The molecule has 1 aromatic carbocycles. The number of halogens is 1. The summed E-state index contributed by atoms with van der Waals surface area (Å²) in [6, 6.07) is 4.26. The summed E-state index contributed by atoms with van der Waals surface area (Å²) in [6.07, 6.45) is 1.87. The Bertz CT molecular complexity index is 686. The number of nitrogens with one attached hydrogen (secondary N) is 1. The standard InChI is InChI=1S/C18H29ClN2O3S/c1-6-21(7-2)25(23,24)15-10-11-17(19)16(12-15)18(22)20-14(5)9-8-13(3)4/h10-14H,6-9H2,1-5H3,(H,20,22). The third kappa shape index (κ3) is 5.97. The molecule has 1 unspecified atom stereocenters. The fourth-order valence-corrected chi connectivity index (χ4v) is 4.20. The summed E-state index contributed by atoms with van der Waals surface area (Å²) in [5.74, 6) is 0.211. The molecule has 0 spiro atoms. The first-order valence-corrected chi connectivity index (χ1v) is 10.6. The zero-order valence-electron chi connectivity index (χ0n) is 15.7. The summed E-state index contributed by atoms with van der Waals surface area (Å²) >= 11 is 6.13. The first-order valence-electron chi connectivity index (χ1n) is 8.74. The van der Waals surface area contributed by atoms with Crippen LogP contribution in [0.15, 0.2) is 23.1 Å². The lowest BCUT2D eigenvalue weighted by atomic mass is 10.0. The molecule has 0 aliphatic heterocycles. The highest BCUT2D eigenvalue weighted by Gasteiger charge is 2.24. The summed E-state index contributed by atoms with van der Waals surface area (Å²) in [7, 11) is -3.63. The van der Waals surface area contributed by atoms with E-state index in [1.807, 2.05) is 6.92 Å². The van der Waals surface area contributed by atoms with E-state index < -0.39 is 10.0 Å². The van der Waals surface area contributed by atoms with Crippen molar-refractivity contribution in [2.45, 2.75) is 58.4 Å². The Labute approximate surface area is 156 Å². The molecule has 0 saturated heterocycles. The lowest BCUT2D eigenvalue weighted by molar-refractivity contribution is 0.0937. The number of carbonyl (C=O) groups is 1. The number of amides is 1. The Morgan fingerprint density at radius 1 is 1.16 bits per heavy atom. The van der Waals surface area contributed by atoms with Crippen LogP contribution in [0.4, 0.5) is 0 Å². The number of nitrogens with zero attached hydrogens (tertiary/aromatic N) is 1. The maximum Gasteiger partial charge on any atom is 0.253 e. The Kier molecular flexibility index (Phi) is 8.38. The molecule has 1 amide bonds. The highest BCUT2D eigenvalue weighted by atomic mass is 35.5. The molecule has 0 bridgehead atoms. The molecule has 0 aliphatic carbocycles. The predicted molar refractivity (Wildman–Crippen MR) is 103 cm³/mol. The normalized spacial score (nSPS) is 13.3. The van der Waals surface area contributed by atoms with E-state index in [4.69, 9.17) is 11.6 Å². The predicted octanol–water partition coefficient (Wildman–Crippen LogP) is 3.93. The molecular formula is C18H29ClN2O3S. The summed E-state index contributed by atoms with van der Waals surface area (Å²) in [4.78, 5) is 12.6. The van der Waals surface area contributed by atoms with Gasteiger partial charge in [0.25, 0.3) is 5.91 Å². The van der Waals surface area contributed by atoms with Crippen molar-refractivity contribution >= 4 is 27.5 Å². The summed E-state index contributed by atoms with van der Waals surface area (Å²) in [5, 5.41) is 3.14. The van der Waals surface area contributed by atoms with E-state index in [-0.39, 0.29) is 27.4 Å². The Balaban J connectivity index is 3.03. The second-order valence-corrected chi connectivity index (χ2v) is 8.92. The molecule has 1 rings (SSSR count). The molecule has 0 saturated carbocycles. The molecule has 25 heavy (non-hydrogen) atoms. The zero-order chi connectivity index (χ0) is 19.2. The van der Waals surface area contributed by atoms with Gasteiger partial charge in [-0.15, -0.1) is 0 Å². The largest absolute Gasteiger partial charge is 0.350 e. The molecule has 1 atom stereocenters. The van der Waals surface area contributed by atoms with Gasteiger partial charge >= 0.3 is 0 Å². The van der Waals surface area contributed by atoms with Crippen LogP contribution in [0.1, 0.15) is 57.8 Å². The van der Waals surface area contributed by atoms with Gasteiger partial charge in [-0.3, -0.25) is 4.79 Å². The van der Waals surface area contributed by atoms with Crippen LogP contribution in [-0.2, 0) is 10.0 Å². The van der Waals surface area contributed by atoms with Crippen molar-refractivity contribution in [3.05, 3.63) is 28.8 Å². The van der Waals surface area contributed by atoms with Gasteiger partial charge in [0.1, 0.15) is 0 Å². The second-order valence-electron chi connectivity index (χ2n) is 6.58. The van der Waals surface area contributed by atoms with Crippen LogP contribution in [0, 0.1) is 5.92 Å². The van der Waals surface area contributed by atoms with Gasteiger partial charge in [0.05, 0.1) is 15.5 Å². The van der Waals surface area contributed by atoms with Gasteiger partial charge in [0.2, 0.25) is 10.0 Å². The van der Waals surface area contributed by atoms with Gasteiger partial charge in [-0.05, 0) is 43.9 Å². The van der Waals surface area contributed by atoms with Crippen molar-refractivity contribution in [1.29, 1.82) is 0 Å². The fourth-order valence-electron chi connectivity index (χ4n) is 2.51. The van der Waals surface area contributed by atoms with E-state index in [0.717, 1.165) is 12.8 Å². The van der Waals surface area contributed by atoms with Crippen molar-refractivity contribution in [3.8, 4) is 0 Å². The minimum Gasteiger partial charge on any atom is -0.350 e. The van der Waals surface area contributed by atoms with E-state index in [1.165, 1.54) is 22.5 Å². The highest BCUT2D eigenvalue weighted by molar-refractivity contribution is 7.89. The van der Waals surface area contributed by atoms with E-state index in [2.05, 4.69) is 19.2 Å². The van der Waals surface area contributed by atoms with Crippen molar-refractivity contribution in [2.75, 3.05) is 13.1 Å². The topological polar surface area (TPSA) is 66.5 Å². The van der Waals surface area contributed by atoms with Crippen molar-refractivity contribution in [2.24, 2.45) is 5.92 Å². The van der Waals surface area contributed by atoms with Crippen LogP contribution in [-0.4, -0.2) is 37.8 Å². The van der Waals surface area contributed by atoms with Crippen LogP contribution >= 0.6 is 11.6 Å². The number of rotatable bonds is 9. The fraction of sp³-hybridized carbons (Fsp3) is 0.611. The maximum absolute atomic E-state index is 12.6. The van der Waals surface area contributed by atoms with Crippen LogP contribution < -0.4 is 5.32 Å². The zero-order valence-corrected chi connectivity index (χ0v) is 17.2. The summed E-state index contributed by atoms with van der Waals surface area (Å²) in [6.45, 7) is 10.5. The molecule has 7 heteroatoms. The van der Waals surface area contributed by atoms with Crippen LogP contribution in [0.25, 0.3) is 0 Å². The molecular weight excluding hydrogens is 360 g/mol. The van der Waals surface area contributed by atoms with Crippen molar-refractivity contribution in [1.82, 2.24) is 9.62 Å². The maximum atomic E-state index is 12.6. The first-order chi connectivity index (χ1) is 11.6. The van der Waals surface area contributed by atoms with Gasteiger partial charge in [0, 0.05) is 19.1 Å². The number of carbonyl (C=O) groups excluding carboxylic acids is 1. The van der Waals surface area contributed by atoms with Gasteiger partial charge in [-0.2, -0.15) is 4.31 Å². The van der Waals surface area contributed by atoms with Gasteiger partial charge in [-0.1, -0.05) is 39.3 Å². The quantitative estimate of drug-likeness (QED) is 0.697. The van der Waals surface area contributed by atoms with Crippen molar-refractivity contribution in [3.63, 3.8) is 0 Å². The molecule has 142 valence electrons. The Hall–Kier alpha value is -1.11. The average molecular weight is 389 g/mol. The Morgan fingerprint density at radius 2 is 1.76 bits per heavy atom. The molecule has 1 N–H and O–H groups in total. The Morgan fingerprint density at radius 3 is 2.28 bits per heavy atom. The van der Waals surface area contributed by atoms with Gasteiger partial charge in [-0.25, -0.2) is 8.42 Å².